The highest BCUT2D eigenvalue weighted by atomic mass is 17.1. The van der Waals surface area contributed by atoms with Crippen LogP contribution in [0.15, 0.2) is 11.1 Å². The van der Waals surface area contributed by atoms with Gasteiger partial charge in [0.25, 0.3) is 0 Å². The molecule has 0 aliphatic heterocycles. The lowest BCUT2D eigenvalue weighted by Crippen LogP contribution is -2.30. The van der Waals surface area contributed by atoms with Crippen molar-refractivity contribution >= 4 is 11.9 Å². The molecule has 18 heavy (non-hydrogen) atoms. The molecule has 0 amide bonds. The molecule has 0 radical (unpaired) electrons. The summed E-state index contributed by atoms with van der Waals surface area (Å²) in [6.07, 6.45) is 0. The molecule has 0 rings (SSSR count). The maximum atomic E-state index is 11.6. The summed E-state index contributed by atoms with van der Waals surface area (Å²) in [5, 5.41) is 17.1. The Bertz CT molecular complexity index is 331. The smallest absolute Gasteiger partial charge is 0.296 e. The summed E-state index contributed by atoms with van der Waals surface area (Å²) in [5.74, 6) is -2.09. The lowest BCUT2D eigenvalue weighted by atomic mass is 9.75. The molecular weight excluding hydrogens is 240 g/mol. The van der Waals surface area contributed by atoms with Gasteiger partial charge in [0, 0.05) is 0 Å². The Kier molecular flexibility index (Phi) is 5.07. The standard InChI is InChI=1S/C12H20O6/c1-11(2,3)7(9(13)17-15)8(10(14)18-16)12(4,5)6/h15-16H,1-6H3/b8-7-. The molecule has 0 aromatic rings. The highest BCUT2D eigenvalue weighted by molar-refractivity contribution is 6.01. The van der Waals surface area contributed by atoms with Gasteiger partial charge in [-0.25, -0.2) is 9.59 Å². The number of hydrogen-bond donors (Lipinski definition) is 2. The normalized spacial score (nSPS) is 13.8. The van der Waals surface area contributed by atoms with E-state index in [1.807, 2.05) is 0 Å². The molecular formula is C12H20O6. The van der Waals surface area contributed by atoms with Crippen LogP contribution in [0, 0.1) is 10.8 Å². The predicted molar refractivity (Wildman–Crippen MR) is 63.4 cm³/mol. The first kappa shape index (κ1) is 16.6. The molecule has 0 aromatic carbocycles. The lowest BCUT2D eigenvalue weighted by molar-refractivity contribution is -0.233. The Morgan fingerprint density at radius 1 is 0.722 bits per heavy atom. The van der Waals surface area contributed by atoms with Gasteiger partial charge in [0.2, 0.25) is 0 Å². The minimum Gasteiger partial charge on any atom is -0.296 e. The summed E-state index contributed by atoms with van der Waals surface area (Å²) in [5.41, 5.74) is -1.62. The Morgan fingerprint density at radius 3 is 1.06 bits per heavy atom. The minimum absolute atomic E-state index is 0.0449. The van der Waals surface area contributed by atoms with E-state index in [0.717, 1.165) is 0 Å². The largest absolute Gasteiger partial charge is 0.369 e. The molecule has 6 nitrogen and oxygen atoms in total. The minimum atomic E-state index is -1.04. The maximum absolute atomic E-state index is 11.6. The van der Waals surface area contributed by atoms with Crippen molar-refractivity contribution in [2.45, 2.75) is 41.5 Å². The van der Waals surface area contributed by atoms with Crippen molar-refractivity contribution in [1.29, 1.82) is 0 Å². The zero-order chi connectivity index (χ0) is 14.7. The van der Waals surface area contributed by atoms with E-state index in [0.29, 0.717) is 0 Å². The van der Waals surface area contributed by atoms with Crippen LogP contribution in [0.1, 0.15) is 41.5 Å². The summed E-state index contributed by atoms with van der Waals surface area (Å²) < 4.78 is 0. The van der Waals surface area contributed by atoms with E-state index in [9.17, 15) is 9.59 Å². The van der Waals surface area contributed by atoms with Gasteiger partial charge in [-0.05, 0) is 10.8 Å². The average molecular weight is 260 g/mol. The number of carbonyl (C=O) groups is 2. The monoisotopic (exact) mass is 260 g/mol. The van der Waals surface area contributed by atoms with Crippen LogP contribution in [-0.2, 0) is 19.4 Å². The molecule has 0 saturated carbocycles. The topological polar surface area (TPSA) is 93.1 Å². The SMILES string of the molecule is CC(C)(C)/C(C(=O)OO)=C(/C(=O)OO)C(C)(C)C. The molecule has 6 heteroatoms. The van der Waals surface area contributed by atoms with Gasteiger partial charge in [-0.2, -0.15) is 10.5 Å². The third kappa shape index (κ3) is 3.82. The second kappa shape index (κ2) is 5.49. The zero-order valence-corrected chi connectivity index (χ0v) is 11.5. The predicted octanol–water partition coefficient (Wildman–Crippen LogP) is 2.41. The number of carbonyl (C=O) groups excluding carboxylic acids is 2. The molecule has 0 aromatic heterocycles. The van der Waals surface area contributed by atoms with Crippen molar-refractivity contribution in [3.8, 4) is 0 Å². The molecule has 2 N–H and O–H groups in total. The Balaban J connectivity index is 6.21. The first-order valence-electron chi connectivity index (χ1n) is 5.43. The number of hydrogen-bond acceptors (Lipinski definition) is 6. The Morgan fingerprint density at radius 2 is 0.944 bits per heavy atom. The molecule has 0 bridgehead atoms. The van der Waals surface area contributed by atoms with E-state index in [2.05, 4.69) is 9.78 Å². The van der Waals surface area contributed by atoms with Gasteiger partial charge in [-0.1, -0.05) is 41.5 Å². The second-order valence-corrected chi connectivity index (χ2v) is 6.01. The molecule has 0 aliphatic carbocycles. The van der Waals surface area contributed by atoms with Gasteiger partial charge < -0.3 is 0 Å². The van der Waals surface area contributed by atoms with Crippen LogP contribution >= 0.6 is 0 Å². The number of rotatable bonds is 2. The average Bonchev–Trinajstić information content (AvgIpc) is 2.20. The summed E-state index contributed by atoms with van der Waals surface area (Å²) in [6, 6.07) is 0. The quantitative estimate of drug-likeness (QED) is 0.450. The first-order chi connectivity index (χ1) is 7.96. The summed E-state index contributed by atoms with van der Waals surface area (Å²) in [6.45, 7) is 10.1. The van der Waals surface area contributed by atoms with E-state index in [1.165, 1.54) is 0 Å². The van der Waals surface area contributed by atoms with E-state index in [1.54, 1.807) is 41.5 Å². The van der Waals surface area contributed by atoms with Gasteiger partial charge in [-0.3, -0.25) is 9.78 Å². The Hall–Kier alpha value is -1.40. The summed E-state index contributed by atoms with van der Waals surface area (Å²) in [4.78, 5) is 30.7. The van der Waals surface area contributed by atoms with Crippen LogP contribution in [0.5, 0.6) is 0 Å². The van der Waals surface area contributed by atoms with Gasteiger partial charge in [0.1, 0.15) is 0 Å². The highest BCUT2D eigenvalue weighted by Crippen LogP contribution is 2.37. The van der Waals surface area contributed by atoms with Crippen LogP contribution in [0.25, 0.3) is 0 Å². The third-order valence-corrected chi connectivity index (χ3v) is 2.32. The van der Waals surface area contributed by atoms with Crippen LogP contribution < -0.4 is 0 Å². The van der Waals surface area contributed by atoms with Crippen LogP contribution in [0.4, 0.5) is 0 Å². The van der Waals surface area contributed by atoms with Crippen LogP contribution in [0.3, 0.4) is 0 Å². The van der Waals surface area contributed by atoms with Crippen LogP contribution in [-0.4, -0.2) is 22.5 Å². The first-order valence-corrected chi connectivity index (χ1v) is 5.43. The van der Waals surface area contributed by atoms with E-state index in [4.69, 9.17) is 10.5 Å². The third-order valence-electron chi connectivity index (χ3n) is 2.32. The van der Waals surface area contributed by atoms with Crippen molar-refractivity contribution in [3.05, 3.63) is 11.1 Å². The van der Waals surface area contributed by atoms with E-state index in [-0.39, 0.29) is 11.1 Å². The molecule has 0 aliphatic rings. The van der Waals surface area contributed by atoms with Crippen LogP contribution in [0.2, 0.25) is 0 Å². The fraction of sp³-hybridized carbons (Fsp3) is 0.667. The van der Waals surface area contributed by atoms with Crippen molar-refractivity contribution in [3.63, 3.8) is 0 Å². The fourth-order valence-electron chi connectivity index (χ4n) is 1.66. The lowest BCUT2D eigenvalue weighted by Gasteiger charge is -2.29. The highest BCUT2D eigenvalue weighted by Gasteiger charge is 2.38. The van der Waals surface area contributed by atoms with E-state index >= 15 is 0 Å². The van der Waals surface area contributed by atoms with Crippen molar-refractivity contribution in [2.24, 2.45) is 10.8 Å². The van der Waals surface area contributed by atoms with Crippen molar-refractivity contribution in [1.82, 2.24) is 0 Å². The van der Waals surface area contributed by atoms with E-state index < -0.39 is 22.8 Å². The molecule has 104 valence electrons. The van der Waals surface area contributed by atoms with Gasteiger partial charge >= 0.3 is 11.9 Å². The summed E-state index contributed by atoms with van der Waals surface area (Å²) in [7, 11) is 0. The molecule has 0 heterocycles. The van der Waals surface area contributed by atoms with Crippen molar-refractivity contribution < 1.29 is 29.9 Å². The van der Waals surface area contributed by atoms with Gasteiger partial charge in [0.05, 0.1) is 11.1 Å². The molecule has 0 saturated heterocycles. The molecule has 0 spiro atoms. The summed E-state index contributed by atoms with van der Waals surface area (Å²) >= 11 is 0. The van der Waals surface area contributed by atoms with Crippen molar-refractivity contribution in [2.75, 3.05) is 0 Å². The van der Waals surface area contributed by atoms with Gasteiger partial charge in [-0.15, -0.1) is 0 Å². The maximum Gasteiger partial charge on any atom is 0.369 e. The molecule has 0 fully saturated rings. The fourth-order valence-corrected chi connectivity index (χ4v) is 1.66. The molecule has 0 unspecified atom stereocenters. The van der Waals surface area contributed by atoms with Gasteiger partial charge in [0.15, 0.2) is 0 Å². The zero-order valence-electron chi connectivity index (χ0n) is 11.5. The molecule has 0 atom stereocenters. The Labute approximate surface area is 106 Å². The second-order valence-electron chi connectivity index (χ2n) is 6.01.